The summed E-state index contributed by atoms with van der Waals surface area (Å²) in [5.74, 6) is -0.649. The van der Waals surface area contributed by atoms with Crippen LogP contribution in [0, 0.1) is 11.6 Å². The van der Waals surface area contributed by atoms with Crippen LogP contribution in [0.5, 0.6) is 0 Å². The van der Waals surface area contributed by atoms with E-state index in [2.05, 4.69) is 0 Å². The summed E-state index contributed by atoms with van der Waals surface area (Å²) < 4.78 is 55.0. The van der Waals surface area contributed by atoms with Crippen LogP contribution in [0.2, 0.25) is 0 Å². The van der Waals surface area contributed by atoms with E-state index in [1.807, 2.05) is 6.92 Å². The number of aryl methyl sites for hydroxylation is 1. The lowest BCUT2D eigenvalue weighted by Crippen LogP contribution is -2.42. The van der Waals surface area contributed by atoms with E-state index in [1.54, 1.807) is 42.5 Å². The molecule has 0 aliphatic carbocycles. The van der Waals surface area contributed by atoms with Crippen molar-refractivity contribution >= 4 is 32.8 Å². The van der Waals surface area contributed by atoms with Gasteiger partial charge in [0.25, 0.3) is 10.0 Å². The Bertz CT molecular complexity index is 1240. The lowest BCUT2D eigenvalue weighted by atomic mass is 9.99. The van der Waals surface area contributed by atoms with Gasteiger partial charge in [-0.2, -0.15) is 0 Å². The first-order chi connectivity index (χ1) is 15.2. The molecule has 0 saturated carbocycles. The van der Waals surface area contributed by atoms with E-state index < -0.39 is 10.0 Å². The summed E-state index contributed by atoms with van der Waals surface area (Å²) in [6.45, 7) is 1.87. The molecule has 0 N–H and O–H groups in total. The molecule has 4 rings (SSSR count). The third-order valence-electron chi connectivity index (χ3n) is 5.71. The summed E-state index contributed by atoms with van der Waals surface area (Å²) >= 11 is 5.48. The van der Waals surface area contributed by atoms with Gasteiger partial charge in [0, 0.05) is 23.7 Å². The average molecular weight is 472 g/mol. The third-order valence-corrected chi connectivity index (χ3v) is 7.94. The highest BCUT2D eigenvalue weighted by Crippen LogP contribution is 2.35. The molecule has 32 heavy (non-hydrogen) atoms. The number of sulfonamides is 1. The number of anilines is 1. The topological polar surface area (TPSA) is 37.4 Å². The van der Waals surface area contributed by atoms with Crippen LogP contribution in [0.4, 0.5) is 14.5 Å². The minimum atomic E-state index is -3.79. The summed E-state index contributed by atoms with van der Waals surface area (Å²) in [6.07, 6.45) is 2.35. The Kier molecular flexibility index (Phi) is 6.40. The maximum absolute atomic E-state index is 13.6. The molecule has 3 nitrogen and oxygen atoms in total. The fourth-order valence-corrected chi connectivity index (χ4v) is 6.12. The maximum Gasteiger partial charge on any atom is 0.264 e. The molecule has 0 fully saturated rings. The van der Waals surface area contributed by atoms with E-state index in [4.69, 9.17) is 12.2 Å². The van der Waals surface area contributed by atoms with Gasteiger partial charge in [-0.3, -0.25) is 4.31 Å². The van der Waals surface area contributed by atoms with Crippen LogP contribution >= 0.6 is 12.2 Å². The predicted molar refractivity (Wildman–Crippen MR) is 127 cm³/mol. The van der Waals surface area contributed by atoms with E-state index in [9.17, 15) is 17.2 Å². The van der Waals surface area contributed by atoms with Gasteiger partial charge in [-0.15, -0.1) is 0 Å². The summed E-state index contributed by atoms with van der Waals surface area (Å²) in [6, 6.07) is 17.0. The van der Waals surface area contributed by atoms with E-state index in [0.29, 0.717) is 36.9 Å². The molecule has 1 atom stereocenters. The Morgan fingerprint density at radius 3 is 2.12 bits per heavy atom. The molecule has 0 saturated heterocycles. The SMILES string of the molecule is CC1CCc2cc(F)ccc2N1S(=O)(=O)c1ccc(CC(=S)Cc2ccc(F)cc2)cc1. The second-order valence-corrected chi connectivity index (χ2v) is 10.5. The van der Waals surface area contributed by atoms with E-state index in [-0.39, 0.29) is 22.6 Å². The molecule has 0 aromatic heterocycles. The molecule has 166 valence electrons. The van der Waals surface area contributed by atoms with E-state index in [1.165, 1.54) is 28.6 Å². The molecule has 1 unspecified atom stereocenters. The summed E-state index contributed by atoms with van der Waals surface area (Å²) in [5.41, 5.74) is 3.08. The molecule has 0 bridgehead atoms. The molecule has 1 heterocycles. The first-order valence-corrected chi connectivity index (χ1v) is 12.3. The zero-order chi connectivity index (χ0) is 22.9. The summed E-state index contributed by atoms with van der Waals surface area (Å²) in [5, 5.41) is 0. The Morgan fingerprint density at radius 2 is 1.50 bits per heavy atom. The maximum atomic E-state index is 13.6. The highest BCUT2D eigenvalue weighted by Gasteiger charge is 2.33. The quantitative estimate of drug-likeness (QED) is 0.436. The smallest absolute Gasteiger partial charge is 0.263 e. The molecule has 7 heteroatoms. The Labute approximate surface area is 192 Å². The van der Waals surface area contributed by atoms with Crippen LogP contribution in [0.3, 0.4) is 0 Å². The Hall–Kier alpha value is -2.64. The summed E-state index contributed by atoms with van der Waals surface area (Å²) in [4.78, 5) is 0.975. The molecular formula is C25H23F2NO2S2. The number of benzene rings is 3. The molecule has 0 spiro atoms. The molecule has 3 aromatic carbocycles. The highest BCUT2D eigenvalue weighted by molar-refractivity contribution is 7.92. The normalized spacial score (nSPS) is 16.0. The van der Waals surface area contributed by atoms with Crippen molar-refractivity contribution in [1.82, 2.24) is 0 Å². The average Bonchev–Trinajstić information content (AvgIpc) is 2.75. The van der Waals surface area contributed by atoms with Gasteiger partial charge < -0.3 is 0 Å². The molecule has 1 aliphatic heterocycles. The fourth-order valence-electron chi connectivity index (χ4n) is 4.07. The number of thiocarbonyl (C=S) groups is 1. The third kappa shape index (κ3) is 4.74. The summed E-state index contributed by atoms with van der Waals surface area (Å²) in [7, 11) is -3.79. The first-order valence-electron chi connectivity index (χ1n) is 10.4. The van der Waals surface area contributed by atoms with Crippen LogP contribution in [0.15, 0.2) is 71.6 Å². The van der Waals surface area contributed by atoms with Gasteiger partial charge in [-0.05, 0) is 78.9 Å². The molecule has 0 radical (unpaired) electrons. The number of hydrogen-bond donors (Lipinski definition) is 0. The minimum absolute atomic E-state index is 0.190. The fraction of sp³-hybridized carbons (Fsp3) is 0.240. The highest BCUT2D eigenvalue weighted by atomic mass is 32.2. The number of rotatable bonds is 6. The molecule has 1 aliphatic rings. The van der Waals surface area contributed by atoms with E-state index in [0.717, 1.165) is 16.0 Å². The van der Waals surface area contributed by atoms with Crippen molar-refractivity contribution in [3.8, 4) is 0 Å². The van der Waals surface area contributed by atoms with Gasteiger partial charge in [-0.1, -0.05) is 36.5 Å². The Morgan fingerprint density at radius 1 is 0.938 bits per heavy atom. The predicted octanol–water partition coefficient (Wildman–Crippen LogP) is 5.65. The monoisotopic (exact) mass is 471 g/mol. The second-order valence-electron chi connectivity index (χ2n) is 8.12. The first kappa shape index (κ1) is 22.6. The molecule has 0 amide bonds. The van der Waals surface area contributed by atoms with Gasteiger partial charge in [0.1, 0.15) is 11.6 Å². The second kappa shape index (κ2) is 9.08. The van der Waals surface area contributed by atoms with Crippen LogP contribution in [0.1, 0.15) is 30.0 Å². The van der Waals surface area contributed by atoms with Crippen molar-refractivity contribution in [3.05, 3.63) is 95.1 Å². The number of nitrogens with zero attached hydrogens (tertiary/aromatic N) is 1. The lowest BCUT2D eigenvalue weighted by molar-refractivity contribution is 0.560. The van der Waals surface area contributed by atoms with Crippen LogP contribution in [0.25, 0.3) is 0 Å². The van der Waals surface area contributed by atoms with Gasteiger partial charge in [0.15, 0.2) is 0 Å². The van der Waals surface area contributed by atoms with Crippen molar-refractivity contribution < 1.29 is 17.2 Å². The standard InChI is InChI=1S/C25H23F2NO2S2/c1-17-2-7-20-16-22(27)10-13-25(20)28(17)32(29,30)24-11-5-19(6-12-24)15-23(31)14-18-3-8-21(26)9-4-18/h3-6,8-13,16-17H,2,7,14-15H2,1H3. The lowest BCUT2D eigenvalue weighted by Gasteiger charge is -2.36. The number of fused-ring (bicyclic) bond motifs is 1. The van der Waals surface area contributed by atoms with Crippen molar-refractivity contribution in [2.24, 2.45) is 0 Å². The van der Waals surface area contributed by atoms with Gasteiger partial charge in [0.05, 0.1) is 10.6 Å². The zero-order valence-corrected chi connectivity index (χ0v) is 19.2. The van der Waals surface area contributed by atoms with E-state index >= 15 is 0 Å². The van der Waals surface area contributed by atoms with Crippen molar-refractivity contribution in [2.75, 3.05) is 4.31 Å². The van der Waals surface area contributed by atoms with Gasteiger partial charge in [-0.25, -0.2) is 17.2 Å². The van der Waals surface area contributed by atoms with Crippen LogP contribution in [-0.2, 0) is 29.3 Å². The molecule has 3 aromatic rings. The minimum Gasteiger partial charge on any atom is -0.263 e. The van der Waals surface area contributed by atoms with Gasteiger partial charge >= 0.3 is 0 Å². The largest absolute Gasteiger partial charge is 0.264 e. The number of halogens is 2. The van der Waals surface area contributed by atoms with Gasteiger partial charge in [0.2, 0.25) is 0 Å². The van der Waals surface area contributed by atoms with Crippen LogP contribution in [-0.4, -0.2) is 19.3 Å². The van der Waals surface area contributed by atoms with Crippen LogP contribution < -0.4 is 4.31 Å². The van der Waals surface area contributed by atoms with Crippen molar-refractivity contribution in [1.29, 1.82) is 0 Å². The Balaban J connectivity index is 1.52. The zero-order valence-electron chi connectivity index (χ0n) is 17.6. The number of hydrogen-bond acceptors (Lipinski definition) is 3. The van der Waals surface area contributed by atoms with Crippen molar-refractivity contribution in [3.63, 3.8) is 0 Å². The molecular weight excluding hydrogens is 448 g/mol. The van der Waals surface area contributed by atoms with Crippen molar-refractivity contribution in [2.45, 2.75) is 43.5 Å².